The van der Waals surface area contributed by atoms with Crippen LogP contribution in [0.4, 0.5) is 0 Å². The van der Waals surface area contributed by atoms with E-state index in [4.69, 9.17) is 4.74 Å². The Bertz CT molecular complexity index is 939. The lowest BCUT2D eigenvalue weighted by molar-refractivity contribution is -0.130. The van der Waals surface area contributed by atoms with Crippen molar-refractivity contribution in [3.05, 3.63) is 95.1 Å². The lowest BCUT2D eigenvalue weighted by atomic mass is 10.0. The molecular formula is C23H20O3. The van der Waals surface area contributed by atoms with Gasteiger partial charge < -0.3 is 9.84 Å². The topological polar surface area (TPSA) is 46.5 Å². The number of hydrogen-bond acceptors (Lipinski definition) is 2. The van der Waals surface area contributed by atoms with Crippen molar-refractivity contribution >= 4 is 17.6 Å². The second kappa shape index (κ2) is 7.70. The first-order valence-corrected chi connectivity index (χ1v) is 8.38. The maximum Gasteiger partial charge on any atom is 0.336 e. The Balaban J connectivity index is 1.83. The molecule has 130 valence electrons. The minimum Gasteiger partial charge on any atom is -0.478 e. The number of hydrogen-bond donors (Lipinski definition) is 1. The second-order valence-corrected chi connectivity index (χ2v) is 6.17. The van der Waals surface area contributed by atoms with Crippen LogP contribution >= 0.6 is 0 Å². The lowest BCUT2D eigenvalue weighted by Crippen LogP contribution is -1.99. The van der Waals surface area contributed by atoms with E-state index in [1.165, 1.54) is 5.56 Å². The Morgan fingerprint density at radius 2 is 1.62 bits per heavy atom. The van der Waals surface area contributed by atoms with Crippen LogP contribution in [0.3, 0.4) is 0 Å². The van der Waals surface area contributed by atoms with Crippen molar-refractivity contribution in [1.29, 1.82) is 0 Å². The third kappa shape index (κ3) is 4.19. The van der Waals surface area contributed by atoms with E-state index in [1.807, 2.05) is 68.4 Å². The summed E-state index contributed by atoms with van der Waals surface area (Å²) in [6.07, 6.45) is 1.67. The smallest absolute Gasteiger partial charge is 0.336 e. The minimum atomic E-state index is -0.952. The Hall–Kier alpha value is -3.33. The second-order valence-electron chi connectivity index (χ2n) is 6.17. The number of benzene rings is 3. The summed E-state index contributed by atoms with van der Waals surface area (Å²) in [6, 6.07) is 22.5. The Kier molecular flexibility index (Phi) is 5.18. The summed E-state index contributed by atoms with van der Waals surface area (Å²) in [5, 5.41) is 9.50. The predicted molar refractivity (Wildman–Crippen MR) is 104 cm³/mol. The molecule has 0 spiro atoms. The highest BCUT2D eigenvalue weighted by Crippen LogP contribution is 2.27. The molecule has 26 heavy (non-hydrogen) atoms. The van der Waals surface area contributed by atoms with Gasteiger partial charge in [0, 0.05) is 0 Å². The molecule has 0 aromatic heterocycles. The first-order valence-electron chi connectivity index (χ1n) is 8.38. The average Bonchev–Trinajstić information content (AvgIpc) is 2.64. The number of rotatable bonds is 5. The zero-order valence-electron chi connectivity index (χ0n) is 14.8. The van der Waals surface area contributed by atoms with Gasteiger partial charge in [-0.15, -0.1) is 0 Å². The fraction of sp³-hybridized carbons (Fsp3) is 0.0870. The van der Waals surface area contributed by atoms with Crippen molar-refractivity contribution < 1.29 is 14.6 Å². The maximum absolute atomic E-state index is 11.6. The van der Waals surface area contributed by atoms with Crippen LogP contribution in [0.5, 0.6) is 11.5 Å². The molecule has 0 amide bonds. The molecule has 3 aromatic rings. The standard InChI is InChI=1S/C23H20O3/c1-16-8-13-22(17(2)14-16)26-20-11-9-18(10-12-20)15-21(23(24)25)19-6-4-3-5-7-19/h3-15H,1-2H3,(H,24,25)/b21-15+. The molecule has 0 aliphatic carbocycles. The number of carboxylic acid groups (broad SMARTS) is 1. The van der Waals surface area contributed by atoms with Gasteiger partial charge >= 0.3 is 5.97 Å². The van der Waals surface area contributed by atoms with Gasteiger partial charge in [0.05, 0.1) is 5.57 Å². The largest absolute Gasteiger partial charge is 0.478 e. The minimum absolute atomic E-state index is 0.258. The van der Waals surface area contributed by atoms with Crippen molar-refractivity contribution in [2.75, 3.05) is 0 Å². The van der Waals surface area contributed by atoms with E-state index in [0.717, 1.165) is 16.9 Å². The van der Waals surface area contributed by atoms with Crippen molar-refractivity contribution in [3.63, 3.8) is 0 Å². The Morgan fingerprint density at radius 3 is 2.23 bits per heavy atom. The summed E-state index contributed by atoms with van der Waals surface area (Å²) >= 11 is 0. The van der Waals surface area contributed by atoms with Crippen LogP contribution in [0.1, 0.15) is 22.3 Å². The molecule has 0 saturated carbocycles. The van der Waals surface area contributed by atoms with Gasteiger partial charge in [-0.25, -0.2) is 4.79 Å². The molecule has 0 unspecified atom stereocenters. The van der Waals surface area contributed by atoms with E-state index in [9.17, 15) is 9.90 Å². The van der Waals surface area contributed by atoms with Gasteiger partial charge in [-0.2, -0.15) is 0 Å². The summed E-state index contributed by atoms with van der Waals surface area (Å²) in [5.74, 6) is 0.576. The van der Waals surface area contributed by atoms with Crippen molar-refractivity contribution in [3.8, 4) is 11.5 Å². The quantitative estimate of drug-likeness (QED) is 0.475. The number of carbonyl (C=O) groups is 1. The van der Waals surface area contributed by atoms with Crippen LogP contribution in [0.25, 0.3) is 11.6 Å². The molecule has 0 aliphatic heterocycles. The van der Waals surface area contributed by atoms with E-state index in [2.05, 4.69) is 6.07 Å². The fourth-order valence-corrected chi connectivity index (χ4v) is 2.73. The zero-order chi connectivity index (χ0) is 18.5. The van der Waals surface area contributed by atoms with Gasteiger partial charge in [0.25, 0.3) is 0 Å². The zero-order valence-corrected chi connectivity index (χ0v) is 14.8. The number of aryl methyl sites for hydroxylation is 2. The monoisotopic (exact) mass is 344 g/mol. The molecule has 0 bridgehead atoms. The van der Waals surface area contributed by atoms with Crippen LogP contribution in [0.15, 0.2) is 72.8 Å². The van der Waals surface area contributed by atoms with Crippen molar-refractivity contribution in [2.45, 2.75) is 13.8 Å². The summed E-state index contributed by atoms with van der Waals surface area (Å²) in [7, 11) is 0. The molecule has 0 atom stereocenters. The molecule has 0 radical (unpaired) electrons. The molecular weight excluding hydrogens is 324 g/mol. The fourth-order valence-electron chi connectivity index (χ4n) is 2.73. The van der Waals surface area contributed by atoms with Crippen LogP contribution < -0.4 is 4.74 Å². The lowest BCUT2D eigenvalue weighted by Gasteiger charge is -2.10. The highest BCUT2D eigenvalue weighted by Gasteiger charge is 2.10. The maximum atomic E-state index is 11.6. The van der Waals surface area contributed by atoms with Gasteiger partial charge in [0.2, 0.25) is 0 Å². The summed E-state index contributed by atoms with van der Waals surface area (Å²) in [5.41, 5.74) is 4.01. The van der Waals surface area contributed by atoms with Crippen molar-refractivity contribution in [2.24, 2.45) is 0 Å². The van der Waals surface area contributed by atoms with Gasteiger partial charge in [0.15, 0.2) is 0 Å². The third-order valence-electron chi connectivity index (χ3n) is 4.06. The van der Waals surface area contributed by atoms with Crippen LogP contribution in [0.2, 0.25) is 0 Å². The van der Waals surface area contributed by atoms with Crippen LogP contribution in [-0.2, 0) is 4.79 Å². The van der Waals surface area contributed by atoms with Gasteiger partial charge in [-0.1, -0.05) is 60.2 Å². The van der Waals surface area contributed by atoms with Gasteiger partial charge in [0.1, 0.15) is 11.5 Å². The number of ether oxygens (including phenoxy) is 1. The molecule has 0 saturated heterocycles. The SMILES string of the molecule is Cc1ccc(Oc2ccc(/C=C(/C(=O)O)c3ccccc3)cc2)c(C)c1. The first kappa shape index (κ1) is 17.5. The van der Waals surface area contributed by atoms with E-state index in [0.29, 0.717) is 11.3 Å². The van der Waals surface area contributed by atoms with E-state index < -0.39 is 5.97 Å². The Morgan fingerprint density at radius 1 is 0.923 bits per heavy atom. The third-order valence-corrected chi connectivity index (χ3v) is 4.06. The normalized spacial score (nSPS) is 11.2. The summed E-state index contributed by atoms with van der Waals surface area (Å²) < 4.78 is 5.92. The first-order chi connectivity index (χ1) is 12.5. The van der Waals surface area contributed by atoms with Gasteiger partial charge in [-0.05, 0) is 54.8 Å². The Labute approximate surface area is 153 Å². The van der Waals surface area contributed by atoms with Gasteiger partial charge in [-0.3, -0.25) is 0 Å². The molecule has 3 heteroatoms. The average molecular weight is 344 g/mol. The highest BCUT2D eigenvalue weighted by atomic mass is 16.5. The van der Waals surface area contributed by atoms with Crippen LogP contribution in [0, 0.1) is 13.8 Å². The summed E-state index contributed by atoms with van der Waals surface area (Å²) in [6.45, 7) is 4.06. The molecule has 0 heterocycles. The molecule has 3 rings (SSSR count). The molecule has 0 fully saturated rings. The summed E-state index contributed by atoms with van der Waals surface area (Å²) in [4.78, 5) is 11.6. The van der Waals surface area contributed by atoms with E-state index >= 15 is 0 Å². The molecule has 0 aliphatic rings. The van der Waals surface area contributed by atoms with Crippen LogP contribution in [-0.4, -0.2) is 11.1 Å². The van der Waals surface area contributed by atoms with E-state index in [-0.39, 0.29) is 5.57 Å². The number of aliphatic carboxylic acids is 1. The molecule has 1 N–H and O–H groups in total. The highest BCUT2D eigenvalue weighted by molar-refractivity contribution is 6.20. The molecule has 3 aromatic carbocycles. The number of carboxylic acids is 1. The predicted octanol–water partition coefficient (Wildman–Crippen LogP) is 5.72. The van der Waals surface area contributed by atoms with E-state index in [1.54, 1.807) is 18.2 Å². The van der Waals surface area contributed by atoms with Crippen molar-refractivity contribution in [1.82, 2.24) is 0 Å². The molecule has 3 nitrogen and oxygen atoms in total.